The van der Waals surface area contributed by atoms with Gasteiger partial charge in [0.05, 0.1) is 12.0 Å². The molecule has 8 heteroatoms. The van der Waals surface area contributed by atoms with Gasteiger partial charge in [-0.15, -0.1) is 11.8 Å². The fraction of sp³-hybridized carbons (Fsp3) is 0.500. The van der Waals surface area contributed by atoms with Gasteiger partial charge in [0.15, 0.2) is 5.78 Å². The molecule has 2 nitrogen and oxygen atoms in total. The van der Waals surface area contributed by atoms with Crippen LogP contribution in [-0.2, 0) is 4.79 Å². The number of benzene rings is 2. The van der Waals surface area contributed by atoms with Gasteiger partial charge in [0.1, 0.15) is 0 Å². The van der Waals surface area contributed by atoms with E-state index >= 15 is 0 Å². The number of fused-ring (bicyclic) bond motifs is 4. The topological polar surface area (TPSA) is 37.3 Å². The molecule has 0 radical (unpaired) electrons. The molecule has 4 aliphatic carbocycles. The summed E-state index contributed by atoms with van der Waals surface area (Å²) in [7, 11) is 0. The minimum Gasteiger partial charge on any atom is -0.392 e. The van der Waals surface area contributed by atoms with Gasteiger partial charge in [-0.3, -0.25) is 4.79 Å². The zero-order valence-corrected chi connectivity index (χ0v) is 24.5. The molecule has 3 unspecified atom stereocenters. The number of aliphatic hydroxyl groups is 1. The summed E-state index contributed by atoms with van der Waals surface area (Å²) in [6.45, 7) is 1.73. The molecule has 2 aromatic carbocycles. The minimum atomic E-state index is -5.72. The molecule has 0 amide bonds. The highest BCUT2D eigenvalue weighted by Gasteiger charge is 2.68. The summed E-state index contributed by atoms with van der Waals surface area (Å²) < 4.78 is 69.9. The number of allylic oxidation sites excluding steroid dienone is 4. The van der Waals surface area contributed by atoms with Gasteiger partial charge >= 0.3 is 12.1 Å². The molecule has 2 fully saturated rings. The maximum atomic E-state index is 14.7. The van der Waals surface area contributed by atoms with Gasteiger partial charge < -0.3 is 5.11 Å². The van der Waals surface area contributed by atoms with Crippen LogP contribution in [0.4, 0.5) is 22.0 Å². The van der Waals surface area contributed by atoms with Crippen molar-refractivity contribution in [2.24, 2.45) is 23.2 Å². The summed E-state index contributed by atoms with van der Waals surface area (Å²) >= 11 is 1.66. The Morgan fingerprint density at radius 3 is 2.14 bits per heavy atom. The van der Waals surface area contributed by atoms with Gasteiger partial charge in [0.2, 0.25) is 0 Å². The average molecular weight is 603 g/mol. The Balaban J connectivity index is 1.42. The van der Waals surface area contributed by atoms with Gasteiger partial charge in [-0.2, -0.15) is 22.0 Å². The number of thioether (sulfide) groups is 1. The number of halogens is 5. The number of ketones is 1. The smallest absolute Gasteiger partial charge is 0.392 e. The van der Waals surface area contributed by atoms with Crippen molar-refractivity contribution >= 4 is 17.5 Å². The van der Waals surface area contributed by atoms with E-state index in [2.05, 4.69) is 24.3 Å². The second-order valence-corrected chi connectivity index (χ2v) is 13.6. The third-order valence-corrected chi connectivity index (χ3v) is 11.3. The zero-order chi connectivity index (χ0) is 30.0. The van der Waals surface area contributed by atoms with Gasteiger partial charge in [-0.25, -0.2) is 0 Å². The van der Waals surface area contributed by atoms with Crippen LogP contribution in [0.25, 0.3) is 11.1 Å². The molecule has 4 aliphatic rings. The van der Waals surface area contributed by atoms with Crippen molar-refractivity contribution in [1.29, 1.82) is 0 Å². The molecule has 2 aromatic rings. The quantitative estimate of drug-likeness (QED) is 0.280. The standard InChI is InChI=1S/C34H35F5O2S/c1-32-18-27(21-5-3-19(4-6-21)20-7-11-24(42-2)12-8-20)30-25-14-10-23(40)17-22(25)9-13-26(30)28(32)15-16-29(31(32)41)33(35,36)34(37,38)39/h3-8,11-12,17,26-29,31,41H,9-10,13-16,18H2,1-2H3/t26?,27-,28?,29-,31?,32+/m1/s1. The predicted molar refractivity (Wildman–Crippen MR) is 154 cm³/mol. The Hall–Kier alpha value is -2.45. The molecule has 1 N–H and O–H groups in total. The van der Waals surface area contributed by atoms with Crippen molar-refractivity contribution in [2.45, 2.75) is 80.9 Å². The summed E-state index contributed by atoms with van der Waals surface area (Å²) in [5.74, 6) is -7.53. The number of aliphatic hydroxyl groups excluding tert-OH is 1. The van der Waals surface area contributed by atoms with Crippen molar-refractivity contribution in [3.63, 3.8) is 0 Å². The van der Waals surface area contributed by atoms with E-state index in [-0.39, 0.29) is 42.8 Å². The van der Waals surface area contributed by atoms with Crippen LogP contribution in [0.1, 0.15) is 63.4 Å². The Kier molecular flexibility index (Phi) is 7.49. The third-order valence-electron chi connectivity index (χ3n) is 10.6. The van der Waals surface area contributed by atoms with Gasteiger partial charge in [0, 0.05) is 17.2 Å². The summed E-state index contributed by atoms with van der Waals surface area (Å²) in [5, 5.41) is 11.4. The first-order valence-corrected chi connectivity index (χ1v) is 15.9. The molecule has 0 aliphatic heterocycles. The van der Waals surface area contributed by atoms with E-state index in [1.165, 1.54) is 5.57 Å². The molecular weight excluding hydrogens is 567 g/mol. The molecule has 224 valence electrons. The number of carbonyl (C=O) groups is 1. The number of hydrogen-bond donors (Lipinski definition) is 1. The fourth-order valence-corrected chi connectivity index (χ4v) is 8.89. The maximum Gasteiger partial charge on any atom is 0.453 e. The summed E-state index contributed by atoms with van der Waals surface area (Å²) in [5.41, 5.74) is 5.32. The lowest BCUT2D eigenvalue weighted by atomic mass is 9.46. The van der Waals surface area contributed by atoms with Crippen LogP contribution in [0.2, 0.25) is 0 Å². The largest absolute Gasteiger partial charge is 0.453 e. The molecule has 0 heterocycles. The fourth-order valence-electron chi connectivity index (χ4n) is 8.48. The van der Waals surface area contributed by atoms with E-state index in [0.29, 0.717) is 25.7 Å². The Morgan fingerprint density at radius 1 is 0.881 bits per heavy atom. The van der Waals surface area contributed by atoms with E-state index < -0.39 is 29.5 Å². The lowest BCUT2D eigenvalue weighted by molar-refractivity contribution is -0.325. The maximum absolute atomic E-state index is 14.7. The lowest BCUT2D eigenvalue weighted by Gasteiger charge is -2.59. The van der Waals surface area contributed by atoms with Crippen LogP contribution in [0, 0.1) is 23.2 Å². The number of hydrogen-bond acceptors (Lipinski definition) is 3. The first-order chi connectivity index (χ1) is 19.8. The van der Waals surface area contributed by atoms with E-state index in [4.69, 9.17) is 0 Å². The number of alkyl halides is 5. The van der Waals surface area contributed by atoms with Crippen LogP contribution in [0.3, 0.4) is 0 Å². The normalized spacial score (nSPS) is 31.7. The summed E-state index contributed by atoms with van der Waals surface area (Å²) in [4.78, 5) is 13.4. The molecular formula is C34H35F5O2S. The Labute approximate surface area is 247 Å². The van der Waals surface area contributed by atoms with Crippen LogP contribution in [-0.4, -0.2) is 35.3 Å². The predicted octanol–water partition coefficient (Wildman–Crippen LogP) is 9.15. The SMILES string of the molecule is CSc1ccc(-c2ccc([C@H]3C[C@@]4(C)C(CC[C@@H](C(F)(F)C(F)(F)F)C4O)C4CCC5=CC(=O)CCC5=C43)cc2)cc1. The first kappa shape index (κ1) is 29.6. The van der Waals surface area contributed by atoms with Crippen molar-refractivity contribution in [3.8, 4) is 11.1 Å². The number of rotatable bonds is 4. The number of carbonyl (C=O) groups excluding carboxylic acids is 1. The second-order valence-electron chi connectivity index (χ2n) is 12.7. The molecule has 2 saturated carbocycles. The van der Waals surface area contributed by atoms with Gasteiger partial charge in [-0.1, -0.05) is 48.9 Å². The first-order valence-electron chi connectivity index (χ1n) is 14.7. The van der Waals surface area contributed by atoms with Crippen molar-refractivity contribution < 1.29 is 31.9 Å². The molecule has 42 heavy (non-hydrogen) atoms. The molecule has 6 rings (SSSR count). The third kappa shape index (κ3) is 4.77. The van der Waals surface area contributed by atoms with Gasteiger partial charge in [-0.05, 0) is 108 Å². The van der Waals surface area contributed by atoms with Crippen molar-refractivity contribution in [1.82, 2.24) is 0 Å². The highest BCUT2D eigenvalue weighted by atomic mass is 32.2. The highest BCUT2D eigenvalue weighted by Crippen LogP contribution is 2.65. The molecule has 0 spiro atoms. The van der Waals surface area contributed by atoms with E-state index in [0.717, 1.165) is 32.7 Å². The molecule has 0 bridgehead atoms. The second kappa shape index (κ2) is 10.6. The lowest BCUT2D eigenvalue weighted by Crippen LogP contribution is -2.60. The molecule has 0 saturated heterocycles. The van der Waals surface area contributed by atoms with Crippen molar-refractivity contribution in [2.75, 3.05) is 6.26 Å². The molecule has 0 aromatic heterocycles. The van der Waals surface area contributed by atoms with Crippen LogP contribution >= 0.6 is 11.8 Å². The van der Waals surface area contributed by atoms with E-state index in [9.17, 15) is 31.9 Å². The Morgan fingerprint density at radius 2 is 1.52 bits per heavy atom. The minimum absolute atomic E-state index is 0.0389. The Bertz CT molecular complexity index is 1430. The summed E-state index contributed by atoms with van der Waals surface area (Å²) in [6, 6.07) is 16.4. The zero-order valence-electron chi connectivity index (χ0n) is 23.7. The average Bonchev–Trinajstić information content (AvgIpc) is 2.96. The van der Waals surface area contributed by atoms with E-state index in [1.807, 2.05) is 30.5 Å². The monoisotopic (exact) mass is 602 g/mol. The highest BCUT2D eigenvalue weighted by molar-refractivity contribution is 7.98. The summed E-state index contributed by atoms with van der Waals surface area (Å²) in [6.07, 6.45) is -1.22. The van der Waals surface area contributed by atoms with Crippen molar-refractivity contribution in [3.05, 3.63) is 76.9 Å². The van der Waals surface area contributed by atoms with Crippen LogP contribution in [0.5, 0.6) is 0 Å². The molecule has 6 atom stereocenters. The van der Waals surface area contributed by atoms with Crippen LogP contribution < -0.4 is 0 Å². The van der Waals surface area contributed by atoms with Gasteiger partial charge in [0.25, 0.3) is 0 Å². The van der Waals surface area contributed by atoms with Crippen LogP contribution in [0.15, 0.2) is 76.2 Å². The van der Waals surface area contributed by atoms with E-state index in [1.54, 1.807) is 24.8 Å².